The number of amides is 2. The predicted molar refractivity (Wildman–Crippen MR) is 109 cm³/mol. The summed E-state index contributed by atoms with van der Waals surface area (Å²) >= 11 is 0. The van der Waals surface area contributed by atoms with Crippen LogP contribution in [0.25, 0.3) is 0 Å². The number of carbonyl (C=O) groups is 2. The van der Waals surface area contributed by atoms with Crippen molar-refractivity contribution < 1.29 is 14.0 Å². The van der Waals surface area contributed by atoms with Crippen molar-refractivity contribution in [2.75, 3.05) is 18.4 Å². The standard InChI is InChI=1S/C22H27FN4O2/c1-4-21(29)27-11-5-6-16(13-27)22-24-14(2)19(15(3)25-22)12-20(28)26-18-9-7-17(23)8-10-18/h7-10,16H,4-6,11-13H2,1-3H3,(H,26,28). The van der Waals surface area contributed by atoms with Crippen molar-refractivity contribution in [2.24, 2.45) is 0 Å². The molecule has 3 rings (SSSR count). The minimum absolute atomic E-state index is 0.124. The molecule has 0 radical (unpaired) electrons. The Hall–Kier alpha value is -2.83. The van der Waals surface area contributed by atoms with Crippen molar-refractivity contribution >= 4 is 17.5 Å². The lowest BCUT2D eigenvalue weighted by molar-refractivity contribution is -0.132. The number of halogens is 1. The lowest BCUT2D eigenvalue weighted by Crippen LogP contribution is -2.39. The highest BCUT2D eigenvalue weighted by Gasteiger charge is 2.26. The maximum atomic E-state index is 13.0. The highest BCUT2D eigenvalue weighted by atomic mass is 19.1. The lowest BCUT2D eigenvalue weighted by Gasteiger charge is -2.32. The van der Waals surface area contributed by atoms with Crippen molar-refractivity contribution in [3.8, 4) is 0 Å². The normalized spacial score (nSPS) is 16.6. The van der Waals surface area contributed by atoms with Gasteiger partial charge in [0.1, 0.15) is 11.6 Å². The Morgan fingerprint density at radius 2 is 1.83 bits per heavy atom. The van der Waals surface area contributed by atoms with Crippen LogP contribution in [0.4, 0.5) is 10.1 Å². The molecule has 6 nitrogen and oxygen atoms in total. The zero-order chi connectivity index (χ0) is 21.0. The highest BCUT2D eigenvalue weighted by Crippen LogP contribution is 2.26. The minimum atomic E-state index is -0.347. The Bertz CT molecular complexity index is 875. The number of carbonyl (C=O) groups excluding carboxylic acids is 2. The summed E-state index contributed by atoms with van der Waals surface area (Å²) < 4.78 is 13.0. The van der Waals surface area contributed by atoms with Crippen molar-refractivity contribution in [2.45, 2.75) is 52.4 Å². The molecule has 0 aliphatic carbocycles. The third kappa shape index (κ3) is 5.16. The molecular formula is C22H27FN4O2. The summed E-state index contributed by atoms with van der Waals surface area (Å²) in [6.07, 6.45) is 2.56. The van der Waals surface area contributed by atoms with Crippen LogP contribution in [0.2, 0.25) is 0 Å². The van der Waals surface area contributed by atoms with Crippen LogP contribution >= 0.6 is 0 Å². The van der Waals surface area contributed by atoms with Crippen LogP contribution in [0.1, 0.15) is 54.9 Å². The maximum Gasteiger partial charge on any atom is 0.228 e. The molecule has 1 aliphatic rings. The molecule has 1 fully saturated rings. The molecule has 2 amide bonds. The third-order valence-corrected chi connectivity index (χ3v) is 5.34. The van der Waals surface area contributed by atoms with Gasteiger partial charge in [-0.15, -0.1) is 0 Å². The number of benzene rings is 1. The third-order valence-electron chi connectivity index (χ3n) is 5.34. The number of nitrogens with zero attached hydrogens (tertiary/aromatic N) is 3. The van der Waals surface area contributed by atoms with E-state index in [0.29, 0.717) is 18.7 Å². The van der Waals surface area contributed by atoms with E-state index in [9.17, 15) is 14.0 Å². The minimum Gasteiger partial charge on any atom is -0.342 e. The van der Waals surface area contributed by atoms with E-state index in [1.54, 1.807) is 0 Å². The first-order valence-corrected chi connectivity index (χ1v) is 10.0. The van der Waals surface area contributed by atoms with Crippen molar-refractivity contribution in [3.05, 3.63) is 52.9 Å². The van der Waals surface area contributed by atoms with Crippen LogP contribution in [-0.4, -0.2) is 39.8 Å². The fraction of sp³-hybridized carbons (Fsp3) is 0.455. The first-order valence-electron chi connectivity index (χ1n) is 10.0. The van der Waals surface area contributed by atoms with Gasteiger partial charge in [-0.25, -0.2) is 14.4 Å². The van der Waals surface area contributed by atoms with Crippen LogP contribution in [0.15, 0.2) is 24.3 Å². The number of likely N-dealkylation sites (tertiary alicyclic amines) is 1. The predicted octanol–water partition coefficient (Wildman–Crippen LogP) is 3.53. The summed E-state index contributed by atoms with van der Waals surface area (Å²) in [4.78, 5) is 35.7. The van der Waals surface area contributed by atoms with E-state index in [4.69, 9.17) is 0 Å². The summed E-state index contributed by atoms with van der Waals surface area (Å²) in [5, 5.41) is 2.77. The van der Waals surface area contributed by atoms with Crippen molar-refractivity contribution in [3.63, 3.8) is 0 Å². The largest absolute Gasteiger partial charge is 0.342 e. The van der Waals surface area contributed by atoms with Gasteiger partial charge in [0.25, 0.3) is 0 Å². The molecule has 1 atom stereocenters. The number of aromatic nitrogens is 2. The number of rotatable bonds is 5. The Kier molecular flexibility index (Phi) is 6.56. The summed E-state index contributed by atoms with van der Waals surface area (Å²) in [5.41, 5.74) is 2.90. The van der Waals surface area contributed by atoms with E-state index < -0.39 is 0 Å². The highest BCUT2D eigenvalue weighted by molar-refractivity contribution is 5.92. The molecule has 1 aliphatic heterocycles. The van der Waals surface area contributed by atoms with Crippen LogP contribution in [0.3, 0.4) is 0 Å². The topological polar surface area (TPSA) is 75.2 Å². The maximum absolute atomic E-state index is 13.0. The van der Waals surface area contributed by atoms with E-state index in [0.717, 1.165) is 42.2 Å². The molecule has 154 valence electrons. The number of hydrogen-bond acceptors (Lipinski definition) is 4. The molecule has 29 heavy (non-hydrogen) atoms. The molecule has 7 heteroatoms. The van der Waals surface area contributed by atoms with Gasteiger partial charge in [0.05, 0.1) is 6.42 Å². The Morgan fingerprint density at radius 3 is 2.45 bits per heavy atom. The van der Waals surface area contributed by atoms with Gasteiger partial charge in [-0.05, 0) is 51.0 Å². The monoisotopic (exact) mass is 398 g/mol. The van der Waals surface area contributed by atoms with Crippen LogP contribution < -0.4 is 5.32 Å². The average Bonchev–Trinajstić information content (AvgIpc) is 2.71. The average molecular weight is 398 g/mol. The molecular weight excluding hydrogens is 371 g/mol. The van der Waals surface area contributed by atoms with E-state index in [1.165, 1.54) is 24.3 Å². The Balaban J connectivity index is 1.71. The van der Waals surface area contributed by atoms with Gasteiger partial charge in [0, 0.05) is 48.1 Å². The Morgan fingerprint density at radius 1 is 1.17 bits per heavy atom. The fourth-order valence-electron chi connectivity index (χ4n) is 3.74. The zero-order valence-electron chi connectivity index (χ0n) is 17.2. The van der Waals surface area contributed by atoms with Gasteiger partial charge in [0.15, 0.2) is 0 Å². The first-order chi connectivity index (χ1) is 13.9. The van der Waals surface area contributed by atoms with Gasteiger partial charge in [-0.3, -0.25) is 9.59 Å². The molecule has 1 saturated heterocycles. The van der Waals surface area contributed by atoms with Gasteiger partial charge >= 0.3 is 0 Å². The smallest absolute Gasteiger partial charge is 0.228 e. The van der Waals surface area contributed by atoms with Gasteiger partial charge in [-0.2, -0.15) is 0 Å². The van der Waals surface area contributed by atoms with Crippen molar-refractivity contribution in [1.82, 2.24) is 14.9 Å². The number of nitrogens with one attached hydrogen (secondary N) is 1. The summed E-state index contributed by atoms with van der Waals surface area (Å²) in [7, 11) is 0. The van der Waals surface area contributed by atoms with Crippen LogP contribution in [-0.2, 0) is 16.0 Å². The molecule has 0 spiro atoms. The molecule has 0 saturated carbocycles. The number of hydrogen-bond donors (Lipinski definition) is 1. The first kappa shape index (κ1) is 20.9. The summed E-state index contributed by atoms with van der Waals surface area (Å²) in [6, 6.07) is 5.67. The molecule has 1 N–H and O–H groups in total. The second-order valence-corrected chi connectivity index (χ2v) is 7.50. The quantitative estimate of drug-likeness (QED) is 0.836. The molecule has 0 bridgehead atoms. The Labute approximate surface area is 170 Å². The molecule has 2 aromatic rings. The number of aryl methyl sites for hydroxylation is 2. The lowest BCUT2D eigenvalue weighted by atomic mass is 9.96. The fourth-order valence-corrected chi connectivity index (χ4v) is 3.74. The summed E-state index contributed by atoms with van der Waals surface area (Å²) in [6.45, 7) is 7.09. The van der Waals surface area contributed by atoms with Gasteiger partial charge in [0.2, 0.25) is 11.8 Å². The molecule has 1 unspecified atom stereocenters. The van der Waals surface area contributed by atoms with Crippen LogP contribution in [0.5, 0.6) is 0 Å². The molecule has 1 aromatic carbocycles. The van der Waals surface area contributed by atoms with Gasteiger partial charge in [-0.1, -0.05) is 6.92 Å². The van der Waals surface area contributed by atoms with Crippen molar-refractivity contribution in [1.29, 1.82) is 0 Å². The molecule has 1 aromatic heterocycles. The second-order valence-electron chi connectivity index (χ2n) is 7.50. The SMILES string of the molecule is CCC(=O)N1CCCC(c2nc(C)c(CC(=O)Nc3ccc(F)cc3)c(C)n2)C1. The van der Waals surface area contributed by atoms with E-state index in [1.807, 2.05) is 25.7 Å². The van der Waals surface area contributed by atoms with E-state index in [-0.39, 0.29) is 30.0 Å². The zero-order valence-corrected chi connectivity index (χ0v) is 17.2. The number of anilines is 1. The second kappa shape index (κ2) is 9.11. The number of piperidine rings is 1. The summed E-state index contributed by atoms with van der Waals surface area (Å²) in [5.74, 6) is 0.490. The van der Waals surface area contributed by atoms with Gasteiger partial charge < -0.3 is 10.2 Å². The molecule has 2 heterocycles. The van der Waals surface area contributed by atoms with E-state index >= 15 is 0 Å². The van der Waals surface area contributed by atoms with E-state index in [2.05, 4.69) is 15.3 Å². The van der Waals surface area contributed by atoms with Crippen LogP contribution in [0, 0.1) is 19.7 Å².